The van der Waals surface area contributed by atoms with E-state index in [1.165, 1.54) is 0 Å². The smallest absolute Gasteiger partial charge is 0.256 e. The van der Waals surface area contributed by atoms with Gasteiger partial charge in [-0.15, -0.1) is 0 Å². The van der Waals surface area contributed by atoms with Gasteiger partial charge in [0.05, 0.1) is 5.69 Å². The van der Waals surface area contributed by atoms with E-state index in [9.17, 15) is 4.79 Å². The molecule has 0 atom stereocenters. The van der Waals surface area contributed by atoms with E-state index in [2.05, 4.69) is 21.2 Å². The largest absolute Gasteiger partial charge is 0.321 e. The van der Waals surface area contributed by atoms with E-state index in [4.69, 9.17) is 23.2 Å². The van der Waals surface area contributed by atoms with Crippen molar-refractivity contribution in [3.05, 3.63) is 61.5 Å². The van der Waals surface area contributed by atoms with Gasteiger partial charge in [-0.3, -0.25) is 4.79 Å². The zero-order valence-corrected chi connectivity index (χ0v) is 14.0. The summed E-state index contributed by atoms with van der Waals surface area (Å²) in [6.07, 6.45) is 0. The van der Waals surface area contributed by atoms with Crippen molar-refractivity contribution in [1.29, 1.82) is 0 Å². The Balaban J connectivity index is 2.32. The molecule has 0 fully saturated rings. The second kappa shape index (κ2) is 6.17. The van der Waals surface area contributed by atoms with Gasteiger partial charge in [-0.25, -0.2) is 0 Å². The molecule has 0 unspecified atom stereocenters. The lowest BCUT2D eigenvalue weighted by atomic mass is 10.1. The molecule has 104 valence electrons. The predicted molar refractivity (Wildman–Crippen MR) is 88.0 cm³/mol. The van der Waals surface area contributed by atoms with Crippen molar-refractivity contribution in [2.75, 3.05) is 5.32 Å². The number of benzene rings is 2. The molecule has 2 rings (SSSR count). The number of amides is 1. The number of hydrogen-bond acceptors (Lipinski definition) is 1. The average Bonchev–Trinajstić information content (AvgIpc) is 2.38. The number of hydrogen-bond donors (Lipinski definition) is 1. The molecule has 1 amide bonds. The minimum atomic E-state index is -0.217. The van der Waals surface area contributed by atoms with Crippen molar-refractivity contribution in [1.82, 2.24) is 0 Å². The van der Waals surface area contributed by atoms with Crippen LogP contribution in [0, 0.1) is 13.8 Å². The fourth-order valence-electron chi connectivity index (χ4n) is 1.77. The quantitative estimate of drug-likeness (QED) is 0.727. The summed E-state index contributed by atoms with van der Waals surface area (Å²) in [6.45, 7) is 3.77. The van der Waals surface area contributed by atoms with Crippen LogP contribution in [0.1, 0.15) is 21.5 Å². The Morgan fingerprint density at radius 2 is 1.80 bits per heavy atom. The van der Waals surface area contributed by atoms with Crippen LogP contribution in [0.5, 0.6) is 0 Å². The molecule has 0 saturated carbocycles. The van der Waals surface area contributed by atoms with Gasteiger partial charge in [0.15, 0.2) is 0 Å². The van der Waals surface area contributed by atoms with Gasteiger partial charge in [-0.1, -0.05) is 29.3 Å². The third-order valence-corrected chi connectivity index (χ3v) is 4.24. The molecular formula is C15H12BrCl2NO. The Morgan fingerprint density at radius 3 is 2.50 bits per heavy atom. The summed E-state index contributed by atoms with van der Waals surface area (Å²) in [4.78, 5) is 12.3. The molecule has 0 aliphatic carbocycles. The fraction of sp³-hybridized carbons (Fsp3) is 0.133. The van der Waals surface area contributed by atoms with Crippen molar-refractivity contribution in [3.63, 3.8) is 0 Å². The Kier molecular flexibility index (Phi) is 4.74. The normalized spacial score (nSPS) is 10.4. The number of halogens is 3. The molecule has 0 heterocycles. The van der Waals surface area contributed by atoms with Crippen molar-refractivity contribution in [2.45, 2.75) is 13.8 Å². The van der Waals surface area contributed by atoms with Gasteiger partial charge in [-0.2, -0.15) is 0 Å². The maximum absolute atomic E-state index is 12.3. The van der Waals surface area contributed by atoms with Gasteiger partial charge in [0.25, 0.3) is 5.91 Å². The molecule has 2 aromatic carbocycles. The summed E-state index contributed by atoms with van der Waals surface area (Å²) in [5, 5.41) is 3.97. The molecule has 2 nitrogen and oxygen atoms in total. The fourth-order valence-corrected chi connectivity index (χ4v) is 2.66. The minimum Gasteiger partial charge on any atom is -0.321 e. The first-order chi connectivity index (χ1) is 9.38. The van der Waals surface area contributed by atoms with Gasteiger partial charge >= 0.3 is 0 Å². The van der Waals surface area contributed by atoms with Crippen molar-refractivity contribution < 1.29 is 4.79 Å². The number of carbonyl (C=O) groups excluding carboxylic acids is 1. The molecule has 0 spiro atoms. The van der Waals surface area contributed by atoms with Crippen LogP contribution < -0.4 is 5.32 Å². The number of carbonyl (C=O) groups is 1. The summed E-state index contributed by atoms with van der Waals surface area (Å²) in [6, 6.07) is 8.80. The second-order valence-electron chi connectivity index (χ2n) is 4.49. The maximum Gasteiger partial charge on any atom is 0.256 e. The lowest BCUT2D eigenvalue weighted by molar-refractivity contribution is 0.102. The molecule has 2 aromatic rings. The number of nitrogens with one attached hydrogen (secondary N) is 1. The summed E-state index contributed by atoms with van der Waals surface area (Å²) in [5.41, 5.74) is 2.97. The van der Waals surface area contributed by atoms with Crippen LogP contribution in [-0.4, -0.2) is 5.91 Å². The van der Waals surface area contributed by atoms with E-state index in [0.29, 0.717) is 21.3 Å². The Labute approximate surface area is 136 Å². The first kappa shape index (κ1) is 15.4. The van der Waals surface area contributed by atoms with Gasteiger partial charge < -0.3 is 5.32 Å². The van der Waals surface area contributed by atoms with Gasteiger partial charge in [0.2, 0.25) is 0 Å². The van der Waals surface area contributed by atoms with E-state index >= 15 is 0 Å². The minimum absolute atomic E-state index is 0.217. The van der Waals surface area contributed by atoms with Crippen LogP contribution in [-0.2, 0) is 0 Å². The summed E-state index contributed by atoms with van der Waals surface area (Å²) in [5.74, 6) is -0.217. The Hall–Kier alpha value is -1.03. The molecule has 20 heavy (non-hydrogen) atoms. The van der Waals surface area contributed by atoms with Crippen LogP contribution in [0.25, 0.3) is 0 Å². The number of rotatable bonds is 2. The standard InChI is InChI=1S/C15H12BrCl2NO/c1-8-3-4-10(17)6-11(8)15(20)19-14-7-13(18)9(2)5-12(14)16/h3-7H,1-2H3,(H,19,20). The zero-order valence-electron chi connectivity index (χ0n) is 10.9. The van der Waals surface area contributed by atoms with E-state index in [0.717, 1.165) is 15.6 Å². The molecule has 0 saturated heterocycles. The highest BCUT2D eigenvalue weighted by Gasteiger charge is 2.12. The molecule has 0 aromatic heterocycles. The third-order valence-electron chi connectivity index (χ3n) is 2.94. The van der Waals surface area contributed by atoms with Crippen molar-refractivity contribution >= 4 is 50.7 Å². The van der Waals surface area contributed by atoms with Crippen LogP contribution in [0.2, 0.25) is 10.0 Å². The Bertz CT molecular complexity index is 686. The van der Waals surface area contributed by atoms with Gasteiger partial charge in [0, 0.05) is 20.1 Å². The molecular weight excluding hydrogens is 361 g/mol. The number of anilines is 1. The lowest BCUT2D eigenvalue weighted by Gasteiger charge is -2.11. The third kappa shape index (κ3) is 3.35. The average molecular weight is 373 g/mol. The van der Waals surface area contributed by atoms with Gasteiger partial charge in [0.1, 0.15) is 0 Å². The lowest BCUT2D eigenvalue weighted by Crippen LogP contribution is -2.13. The van der Waals surface area contributed by atoms with E-state index in [1.807, 2.05) is 26.0 Å². The second-order valence-corrected chi connectivity index (χ2v) is 6.19. The topological polar surface area (TPSA) is 29.1 Å². The highest BCUT2D eigenvalue weighted by Crippen LogP contribution is 2.29. The maximum atomic E-state index is 12.3. The molecule has 0 aliphatic rings. The molecule has 5 heteroatoms. The van der Waals surface area contributed by atoms with Gasteiger partial charge in [-0.05, 0) is 65.2 Å². The van der Waals surface area contributed by atoms with E-state index in [-0.39, 0.29) is 5.91 Å². The van der Waals surface area contributed by atoms with E-state index in [1.54, 1.807) is 18.2 Å². The SMILES string of the molecule is Cc1cc(Br)c(NC(=O)c2cc(Cl)ccc2C)cc1Cl. The summed E-state index contributed by atoms with van der Waals surface area (Å²) >= 11 is 15.4. The number of aryl methyl sites for hydroxylation is 2. The molecule has 0 aliphatic heterocycles. The van der Waals surface area contributed by atoms with Crippen molar-refractivity contribution in [2.24, 2.45) is 0 Å². The van der Waals surface area contributed by atoms with Crippen LogP contribution in [0.3, 0.4) is 0 Å². The highest BCUT2D eigenvalue weighted by atomic mass is 79.9. The zero-order chi connectivity index (χ0) is 14.9. The van der Waals surface area contributed by atoms with E-state index < -0.39 is 0 Å². The molecule has 1 N–H and O–H groups in total. The Morgan fingerprint density at radius 1 is 1.10 bits per heavy atom. The first-order valence-corrected chi connectivity index (χ1v) is 7.46. The van der Waals surface area contributed by atoms with Crippen LogP contribution >= 0.6 is 39.1 Å². The summed E-state index contributed by atoms with van der Waals surface area (Å²) < 4.78 is 0.785. The monoisotopic (exact) mass is 371 g/mol. The van der Waals surface area contributed by atoms with Crippen molar-refractivity contribution in [3.8, 4) is 0 Å². The predicted octanol–water partition coefficient (Wildman–Crippen LogP) is 5.63. The molecule has 0 radical (unpaired) electrons. The molecule has 0 bridgehead atoms. The first-order valence-electron chi connectivity index (χ1n) is 5.91. The van der Waals surface area contributed by atoms with Crippen LogP contribution in [0.4, 0.5) is 5.69 Å². The van der Waals surface area contributed by atoms with Crippen LogP contribution in [0.15, 0.2) is 34.8 Å². The highest BCUT2D eigenvalue weighted by molar-refractivity contribution is 9.10. The summed E-state index contributed by atoms with van der Waals surface area (Å²) in [7, 11) is 0.